The molecule has 11 nitrogen and oxygen atoms in total. The van der Waals surface area contributed by atoms with E-state index in [0.29, 0.717) is 24.8 Å². The van der Waals surface area contributed by atoms with Gasteiger partial charge < -0.3 is 19.3 Å². The zero-order valence-corrected chi connectivity index (χ0v) is 21.5. The normalized spacial score (nSPS) is 18.8. The number of carbonyl (C=O) groups is 1. The summed E-state index contributed by atoms with van der Waals surface area (Å²) in [5, 5.41) is 24.3. The van der Waals surface area contributed by atoms with Gasteiger partial charge in [0.1, 0.15) is 13.2 Å². The summed E-state index contributed by atoms with van der Waals surface area (Å²) < 4.78 is 23.3. The molecule has 0 spiro atoms. The quantitative estimate of drug-likeness (QED) is 0.435. The summed E-state index contributed by atoms with van der Waals surface area (Å²) in [6.45, 7) is 3.17. The first-order chi connectivity index (χ1) is 18.5. The van der Waals surface area contributed by atoms with E-state index in [0.717, 1.165) is 64.9 Å². The van der Waals surface area contributed by atoms with E-state index in [-0.39, 0.29) is 19.4 Å². The molecule has 1 atom stereocenters. The fourth-order valence-electron chi connectivity index (χ4n) is 5.19. The van der Waals surface area contributed by atoms with E-state index in [4.69, 9.17) is 19.3 Å². The molecule has 0 saturated carbocycles. The Bertz CT molecular complexity index is 1520. The molecule has 1 N–H and O–H groups in total. The molecule has 6 rings (SSSR count). The third-order valence-electron chi connectivity index (χ3n) is 7.04. The predicted molar refractivity (Wildman–Crippen MR) is 139 cm³/mol. The highest BCUT2D eigenvalue weighted by Gasteiger charge is 2.23. The molecular formula is C27H30N6O5. The van der Waals surface area contributed by atoms with E-state index < -0.39 is 5.97 Å². The molecule has 0 aliphatic carbocycles. The molecule has 38 heavy (non-hydrogen) atoms. The Morgan fingerprint density at radius 2 is 2.05 bits per heavy atom. The van der Waals surface area contributed by atoms with Crippen molar-refractivity contribution in [3.05, 3.63) is 47.0 Å². The second-order valence-corrected chi connectivity index (χ2v) is 9.60. The first kappa shape index (κ1) is 24.4. The molecule has 2 bridgehead atoms. The molecule has 0 amide bonds. The van der Waals surface area contributed by atoms with Gasteiger partial charge in [0.25, 0.3) is 0 Å². The maximum atomic E-state index is 11.5. The monoisotopic (exact) mass is 518 g/mol. The maximum Gasteiger partial charge on any atom is 0.325 e. The molecule has 1 saturated heterocycles. The van der Waals surface area contributed by atoms with E-state index in [2.05, 4.69) is 28.4 Å². The highest BCUT2D eigenvalue weighted by atomic mass is 16.5. The number of hydrogen-bond donors (Lipinski definition) is 1. The summed E-state index contributed by atoms with van der Waals surface area (Å²) in [4.78, 5) is 11.5. The molecule has 3 aromatic heterocycles. The van der Waals surface area contributed by atoms with Crippen molar-refractivity contribution in [1.82, 2.24) is 29.3 Å². The van der Waals surface area contributed by atoms with Crippen LogP contribution in [0.15, 0.2) is 24.4 Å². The van der Waals surface area contributed by atoms with Crippen LogP contribution in [-0.2, 0) is 34.5 Å². The standard InChI is InChI=1S/C27H30N6O5/c1-17-19-7-8-22-20-13-18(6-9-23(20)33(30-22)25-5-3-4-10-37-25)21-14-28-31(2)27(21)38-12-11-36-16-24(19)32(29-17)15-26(34)35/h6-9,13-14,25H,3-5,10-12,15-16H2,1-2H3,(H,34,35)/b8-7-. The van der Waals surface area contributed by atoms with E-state index in [1.807, 2.05) is 30.8 Å². The third kappa shape index (κ3) is 4.48. The zero-order valence-electron chi connectivity index (χ0n) is 21.5. The van der Waals surface area contributed by atoms with Crippen LogP contribution in [0.3, 0.4) is 0 Å². The predicted octanol–water partition coefficient (Wildman–Crippen LogP) is 3.80. The van der Waals surface area contributed by atoms with Crippen molar-refractivity contribution >= 4 is 29.0 Å². The van der Waals surface area contributed by atoms with Crippen molar-refractivity contribution in [2.24, 2.45) is 7.05 Å². The van der Waals surface area contributed by atoms with Gasteiger partial charge in [0.05, 0.1) is 47.6 Å². The number of carboxylic acids is 1. The minimum Gasteiger partial charge on any atom is -0.480 e. The highest BCUT2D eigenvalue weighted by molar-refractivity contribution is 5.93. The maximum absolute atomic E-state index is 11.5. The molecule has 2 aliphatic heterocycles. The highest BCUT2D eigenvalue weighted by Crippen LogP contribution is 2.35. The second kappa shape index (κ2) is 10.1. The summed E-state index contributed by atoms with van der Waals surface area (Å²) in [6, 6.07) is 6.25. The van der Waals surface area contributed by atoms with E-state index in [9.17, 15) is 9.90 Å². The van der Waals surface area contributed by atoms with Crippen LogP contribution in [-0.4, -0.2) is 60.2 Å². The van der Waals surface area contributed by atoms with Gasteiger partial charge in [-0.15, -0.1) is 0 Å². The van der Waals surface area contributed by atoms with Crippen molar-refractivity contribution in [1.29, 1.82) is 0 Å². The minimum absolute atomic E-state index is 0.119. The van der Waals surface area contributed by atoms with Gasteiger partial charge in [-0.1, -0.05) is 6.07 Å². The van der Waals surface area contributed by atoms with Gasteiger partial charge in [-0.3, -0.25) is 9.48 Å². The van der Waals surface area contributed by atoms with E-state index in [1.54, 1.807) is 10.9 Å². The topological polar surface area (TPSA) is 118 Å². The Hall–Kier alpha value is -3.96. The van der Waals surface area contributed by atoms with Gasteiger partial charge in [0, 0.05) is 24.6 Å². The molecule has 1 fully saturated rings. The lowest BCUT2D eigenvalue weighted by Gasteiger charge is -2.23. The van der Waals surface area contributed by atoms with Crippen LogP contribution in [0.1, 0.15) is 48.1 Å². The number of fused-ring (bicyclic) bond motifs is 4. The number of benzene rings is 1. The minimum atomic E-state index is -0.966. The summed E-state index contributed by atoms with van der Waals surface area (Å²) in [5.74, 6) is -0.317. The lowest BCUT2D eigenvalue weighted by atomic mass is 10.0. The molecule has 198 valence electrons. The smallest absolute Gasteiger partial charge is 0.325 e. The van der Waals surface area contributed by atoms with Gasteiger partial charge in [0.15, 0.2) is 6.23 Å². The van der Waals surface area contributed by atoms with Crippen LogP contribution < -0.4 is 4.74 Å². The third-order valence-corrected chi connectivity index (χ3v) is 7.04. The number of aliphatic carboxylic acids is 1. The number of carboxylic acid groups (broad SMARTS) is 1. The Balaban J connectivity index is 1.52. The lowest BCUT2D eigenvalue weighted by molar-refractivity contribution is -0.138. The van der Waals surface area contributed by atoms with E-state index in [1.165, 1.54) is 4.68 Å². The molecular weight excluding hydrogens is 488 g/mol. The lowest BCUT2D eigenvalue weighted by Crippen LogP contribution is -2.19. The average Bonchev–Trinajstić information content (AvgIpc) is 3.55. The average molecular weight is 519 g/mol. The van der Waals surface area contributed by atoms with Crippen LogP contribution >= 0.6 is 0 Å². The Kier molecular flexibility index (Phi) is 6.46. The van der Waals surface area contributed by atoms with Crippen LogP contribution in [0.5, 0.6) is 5.88 Å². The van der Waals surface area contributed by atoms with Gasteiger partial charge >= 0.3 is 5.97 Å². The van der Waals surface area contributed by atoms with Gasteiger partial charge in [0.2, 0.25) is 5.88 Å². The number of rotatable bonds is 3. The molecule has 1 unspecified atom stereocenters. The van der Waals surface area contributed by atoms with Crippen LogP contribution in [0.4, 0.5) is 0 Å². The van der Waals surface area contributed by atoms with Gasteiger partial charge in [-0.05, 0) is 56.0 Å². The first-order valence-corrected chi connectivity index (χ1v) is 12.8. The summed E-state index contributed by atoms with van der Waals surface area (Å²) in [7, 11) is 1.85. The van der Waals surface area contributed by atoms with Crippen molar-refractivity contribution in [2.75, 3.05) is 19.8 Å². The molecule has 1 aromatic carbocycles. The number of ether oxygens (including phenoxy) is 3. The second-order valence-electron chi connectivity index (χ2n) is 9.60. The van der Waals surface area contributed by atoms with Crippen LogP contribution in [0, 0.1) is 6.92 Å². The number of aromatic nitrogens is 6. The van der Waals surface area contributed by atoms with E-state index >= 15 is 0 Å². The summed E-state index contributed by atoms with van der Waals surface area (Å²) in [6.07, 6.45) is 8.66. The fourth-order valence-corrected chi connectivity index (χ4v) is 5.19. The Morgan fingerprint density at radius 3 is 2.87 bits per heavy atom. The summed E-state index contributed by atoms with van der Waals surface area (Å²) >= 11 is 0. The molecule has 5 heterocycles. The van der Waals surface area contributed by atoms with Crippen LogP contribution in [0.25, 0.3) is 34.2 Å². The van der Waals surface area contributed by atoms with Crippen molar-refractivity contribution < 1.29 is 24.1 Å². The van der Waals surface area contributed by atoms with Crippen molar-refractivity contribution in [3.8, 4) is 17.0 Å². The number of aryl methyl sites for hydroxylation is 2. The molecule has 11 heteroatoms. The first-order valence-electron chi connectivity index (χ1n) is 12.8. The summed E-state index contributed by atoms with van der Waals surface area (Å²) in [5.41, 5.74) is 5.87. The molecule has 0 radical (unpaired) electrons. The largest absolute Gasteiger partial charge is 0.480 e. The zero-order chi connectivity index (χ0) is 26.2. The van der Waals surface area contributed by atoms with Gasteiger partial charge in [-0.25, -0.2) is 9.36 Å². The van der Waals surface area contributed by atoms with Crippen molar-refractivity contribution in [2.45, 2.75) is 45.6 Å². The van der Waals surface area contributed by atoms with Crippen LogP contribution in [0.2, 0.25) is 0 Å². The Morgan fingerprint density at radius 1 is 1.16 bits per heavy atom. The fraction of sp³-hybridized carbons (Fsp3) is 0.407. The molecule has 4 aromatic rings. The Labute approximate surface area is 219 Å². The SMILES string of the molecule is Cc1nn(CC(=O)O)c2c1/C=C\c1nn(C3CCCCO3)c3ccc(cc13)-c1cnn(C)c1OCCOC2. The van der Waals surface area contributed by atoms with Gasteiger partial charge in [-0.2, -0.15) is 15.3 Å². The number of hydrogen-bond acceptors (Lipinski definition) is 7. The van der Waals surface area contributed by atoms with Crippen molar-refractivity contribution in [3.63, 3.8) is 0 Å². The number of nitrogens with zero attached hydrogens (tertiary/aromatic N) is 6. The molecule has 2 aliphatic rings.